The van der Waals surface area contributed by atoms with Crippen molar-refractivity contribution in [3.63, 3.8) is 0 Å². The summed E-state index contributed by atoms with van der Waals surface area (Å²) < 4.78 is 0. The van der Waals surface area contributed by atoms with E-state index in [1.807, 2.05) is 46.8 Å². The van der Waals surface area contributed by atoms with Crippen LogP contribution in [0, 0.1) is 0 Å². The van der Waals surface area contributed by atoms with Gasteiger partial charge in [-0.2, -0.15) is 0 Å². The highest BCUT2D eigenvalue weighted by molar-refractivity contribution is 7.14. The Morgan fingerprint density at radius 3 is 2.74 bits per heavy atom. The van der Waals surface area contributed by atoms with Crippen LogP contribution in [-0.4, -0.2) is 51.4 Å². The number of carbonyl (C=O) groups excluding carboxylic acids is 1. The molecule has 6 nitrogen and oxygen atoms in total. The van der Waals surface area contributed by atoms with Crippen LogP contribution >= 0.6 is 11.3 Å². The molecule has 1 aliphatic heterocycles. The summed E-state index contributed by atoms with van der Waals surface area (Å²) in [6.07, 6.45) is 0.431. The van der Waals surface area contributed by atoms with E-state index in [1.54, 1.807) is 11.3 Å². The van der Waals surface area contributed by atoms with Crippen LogP contribution in [0.3, 0.4) is 0 Å². The van der Waals surface area contributed by atoms with Crippen LogP contribution < -0.4 is 4.90 Å². The first-order valence-corrected chi connectivity index (χ1v) is 12.4. The van der Waals surface area contributed by atoms with Gasteiger partial charge in [-0.1, -0.05) is 54.6 Å². The van der Waals surface area contributed by atoms with Gasteiger partial charge in [0.05, 0.1) is 23.0 Å². The Labute approximate surface area is 201 Å². The van der Waals surface area contributed by atoms with E-state index in [2.05, 4.69) is 52.1 Å². The maximum Gasteiger partial charge on any atom is 0.227 e. The number of nitrogens with one attached hydrogen (secondary N) is 1. The lowest BCUT2D eigenvalue weighted by Crippen LogP contribution is -2.54. The SMILES string of the molecule is C[C@@H]1CN(c2scnc2-c2nc3ccccc3[nH]2)CCN1C(=O)Cc1ccc2ccccc2c1. The maximum atomic E-state index is 13.2. The van der Waals surface area contributed by atoms with Gasteiger partial charge in [-0.05, 0) is 35.4 Å². The van der Waals surface area contributed by atoms with Crippen molar-refractivity contribution in [2.24, 2.45) is 0 Å². The van der Waals surface area contributed by atoms with Gasteiger partial charge in [0, 0.05) is 25.7 Å². The molecule has 6 rings (SSSR count). The third-order valence-electron chi connectivity index (χ3n) is 6.57. The fourth-order valence-electron chi connectivity index (χ4n) is 4.83. The van der Waals surface area contributed by atoms with E-state index in [0.29, 0.717) is 13.0 Å². The Balaban J connectivity index is 1.17. The molecule has 1 amide bonds. The average Bonchev–Trinajstić information content (AvgIpc) is 3.51. The number of thiazole rings is 1. The maximum absolute atomic E-state index is 13.2. The molecule has 1 fully saturated rings. The van der Waals surface area contributed by atoms with Gasteiger partial charge in [0.25, 0.3) is 0 Å². The molecule has 3 heterocycles. The van der Waals surface area contributed by atoms with Crippen LogP contribution in [0.2, 0.25) is 0 Å². The van der Waals surface area contributed by atoms with Gasteiger partial charge in [0.15, 0.2) is 5.82 Å². The fraction of sp³-hybridized carbons (Fsp3) is 0.222. The van der Waals surface area contributed by atoms with Crippen LogP contribution in [0.15, 0.2) is 72.2 Å². The number of fused-ring (bicyclic) bond motifs is 2. The molecule has 1 aliphatic rings. The number of carbonyl (C=O) groups is 1. The smallest absolute Gasteiger partial charge is 0.227 e. The molecule has 34 heavy (non-hydrogen) atoms. The summed E-state index contributed by atoms with van der Waals surface area (Å²) in [5, 5.41) is 3.48. The van der Waals surface area contributed by atoms with Crippen molar-refractivity contribution >= 4 is 44.1 Å². The van der Waals surface area contributed by atoms with E-state index < -0.39 is 0 Å². The Morgan fingerprint density at radius 2 is 1.88 bits per heavy atom. The highest BCUT2D eigenvalue weighted by Gasteiger charge is 2.30. The van der Waals surface area contributed by atoms with Crippen LogP contribution in [-0.2, 0) is 11.2 Å². The number of amides is 1. The van der Waals surface area contributed by atoms with E-state index in [1.165, 1.54) is 10.8 Å². The van der Waals surface area contributed by atoms with Crippen molar-refractivity contribution < 1.29 is 4.79 Å². The monoisotopic (exact) mass is 467 g/mol. The summed E-state index contributed by atoms with van der Waals surface area (Å²) in [5.74, 6) is 0.976. The summed E-state index contributed by atoms with van der Waals surface area (Å²) in [7, 11) is 0. The first-order valence-electron chi connectivity index (χ1n) is 11.6. The lowest BCUT2D eigenvalue weighted by molar-refractivity contribution is -0.132. The van der Waals surface area contributed by atoms with Gasteiger partial charge < -0.3 is 14.8 Å². The second kappa shape index (κ2) is 8.57. The lowest BCUT2D eigenvalue weighted by atomic mass is 10.0. The standard InChI is InChI=1S/C27H25N5OS/c1-18-16-31(27-25(28-17-34-27)26-29-22-8-4-5-9-23(22)30-26)12-13-32(18)24(33)15-19-10-11-20-6-2-3-7-21(20)14-19/h2-11,14,17-18H,12-13,15-16H2,1H3,(H,29,30)/t18-/m1/s1. The Morgan fingerprint density at radius 1 is 1.06 bits per heavy atom. The van der Waals surface area contributed by atoms with Crippen LogP contribution in [0.1, 0.15) is 12.5 Å². The molecule has 3 aromatic carbocycles. The predicted octanol–water partition coefficient (Wildman–Crippen LogP) is 5.12. The number of piperazine rings is 1. The molecule has 0 saturated carbocycles. The zero-order valence-corrected chi connectivity index (χ0v) is 19.8. The van der Waals surface area contributed by atoms with Crippen LogP contribution in [0.5, 0.6) is 0 Å². The fourth-order valence-corrected chi connectivity index (χ4v) is 5.66. The average molecular weight is 468 g/mol. The van der Waals surface area contributed by atoms with Crippen molar-refractivity contribution in [2.45, 2.75) is 19.4 Å². The number of benzene rings is 3. The molecule has 170 valence electrons. The first kappa shape index (κ1) is 20.9. The molecule has 0 unspecified atom stereocenters. The highest BCUT2D eigenvalue weighted by Crippen LogP contribution is 2.34. The lowest BCUT2D eigenvalue weighted by Gasteiger charge is -2.40. The minimum Gasteiger partial charge on any atom is -0.358 e. The number of nitrogens with zero attached hydrogens (tertiary/aromatic N) is 4. The van der Waals surface area contributed by atoms with Crippen molar-refractivity contribution in [2.75, 3.05) is 24.5 Å². The van der Waals surface area contributed by atoms with Crippen molar-refractivity contribution in [1.29, 1.82) is 0 Å². The van der Waals surface area contributed by atoms with Crippen molar-refractivity contribution in [1.82, 2.24) is 19.9 Å². The van der Waals surface area contributed by atoms with Gasteiger partial charge in [0.2, 0.25) is 5.91 Å². The number of hydrogen-bond donors (Lipinski definition) is 1. The molecule has 0 aliphatic carbocycles. The van der Waals surface area contributed by atoms with Gasteiger partial charge in [-0.15, -0.1) is 11.3 Å². The number of imidazole rings is 1. The first-order chi connectivity index (χ1) is 16.7. The molecule has 7 heteroatoms. The number of rotatable bonds is 4. The third-order valence-corrected chi connectivity index (χ3v) is 7.45. The second-order valence-corrected chi connectivity index (χ2v) is 9.68. The summed E-state index contributed by atoms with van der Waals surface area (Å²) in [5.41, 5.74) is 5.76. The number of anilines is 1. The zero-order chi connectivity index (χ0) is 23.1. The third kappa shape index (κ3) is 3.82. The molecular formula is C27H25N5OS. The Kier molecular flexibility index (Phi) is 5.26. The Bertz CT molecular complexity index is 1460. The molecule has 1 atom stereocenters. The molecule has 5 aromatic rings. The van der Waals surface area contributed by atoms with Gasteiger partial charge in [0.1, 0.15) is 10.7 Å². The molecule has 0 radical (unpaired) electrons. The Hall–Kier alpha value is -3.71. The molecule has 2 aromatic heterocycles. The number of aromatic nitrogens is 3. The molecule has 1 N–H and O–H groups in total. The number of H-pyrrole nitrogens is 1. The second-order valence-electron chi connectivity index (χ2n) is 8.85. The van der Waals surface area contributed by atoms with Crippen LogP contribution in [0.25, 0.3) is 33.3 Å². The van der Waals surface area contributed by atoms with E-state index in [9.17, 15) is 4.79 Å². The summed E-state index contributed by atoms with van der Waals surface area (Å²) in [6.45, 7) is 4.39. The van der Waals surface area contributed by atoms with Crippen LogP contribution in [0.4, 0.5) is 5.00 Å². The highest BCUT2D eigenvalue weighted by atomic mass is 32.1. The van der Waals surface area contributed by atoms with E-state index in [-0.39, 0.29) is 11.9 Å². The van der Waals surface area contributed by atoms with E-state index in [0.717, 1.165) is 46.2 Å². The van der Waals surface area contributed by atoms with Crippen molar-refractivity contribution in [3.05, 3.63) is 77.8 Å². The van der Waals surface area contributed by atoms with Gasteiger partial charge in [-0.3, -0.25) is 4.79 Å². The van der Waals surface area contributed by atoms with Gasteiger partial charge >= 0.3 is 0 Å². The summed E-state index contributed by atoms with van der Waals surface area (Å²) in [6, 6.07) is 22.7. The molecule has 1 saturated heterocycles. The molecular weight excluding hydrogens is 442 g/mol. The predicted molar refractivity (Wildman–Crippen MR) is 138 cm³/mol. The molecule has 0 bridgehead atoms. The largest absolute Gasteiger partial charge is 0.358 e. The molecule has 0 spiro atoms. The quantitative estimate of drug-likeness (QED) is 0.398. The van der Waals surface area contributed by atoms with E-state index >= 15 is 0 Å². The van der Waals surface area contributed by atoms with E-state index in [4.69, 9.17) is 4.98 Å². The summed E-state index contributed by atoms with van der Waals surface area (Å²) in [4.78, 5) is 30.3. The van der Waals surface area contributed by atoms with Crippen molar-refractivity contribution in [3.8, 4) is 11.5 Å². The zero-order valence-electron chi connectivity index (χ0n) is 18.9. The topological polar surface area (TPSA) is 65.1 Å². The number of aromatic amines is 1. The van der Waals surface area contributed by atoms with Gasteiger partial charge in [-0.25, -0.2) is 9.97 Å². The normalized spacial score (nSPS) is 16.4. The minimum absolute atomic E-state index is 0.118. The summed E-state index contributed by atoms with van der Waals surface area (Å²) >= 11 is 1.63. The minimum atomic E-state index is 0.118. The number of hydrogen-bond acceptors (Lipinski definition) is 5. The number of para-hydroxylation sites is 2.